The topological polar surface area (TPSA) is 55.1 Å². The van der Waals surface area contributed by atoms with Crippen molar-refractivity contribution in [2.75, 3.05) is 0 Å². The number of halogens is 4. The van der Waals surface area contributed by atoms with Crippen LogP contribution in [0.25, 0.3) is 0 Å². The molecule has 0 radical (unpaired) electrons. The van der Waals surface area contributed by atoms with E-state index in [0.717, 1.165) is 7.05 Å². The Kier molecular flexibility index (Phi) is 2.74. The van der Waals surface area contributed by atoms with Gasteiger partial charge in [-0.25, -0.2) is 4.79 Å². The Morgan fingerprint density at radius 1 is 1.57 bits per heavy atom. The summed E-state index contributed by atoms with van der Waals surface area (Å²) >= 11 is 1.32. The molecule has 0 aromatic carbocycles. The summed E-state index contributed by atoms with van der Waals surface area (Å²) in [5.41, 5.74) is -1.63. The minimum atomic E-state index is -4.59. The highest BCUT2D eigenvalue weighted by atomic mass is 127. The van der Waals surface area contributed by atoms with Crippen LogP contribution in [0.4, 0.5) is 13.2 Å². The normalized spacial score (nSPS) is 11.8. The Labute approximate surface area is 89.8 Å². The average molecular weight is 320 g/mol. The number of alkyl halides is 3. The predicted octanol–water partition coefficient (Wildman–Crippen LogP) is 1.74. The zero-order valence-electron chi connectivity index (χ0n) is 6.76. The lowest BCUT2D eigenvalue weighted by Crippen LogP contribution is -2.13. The van der Waals surface area contributed by atoms with Gasteiger partial charge >= 0.3 is 12.1 Å². The van der Waals surface area contributed by atoms with Gasteiger partial charge in [-0.05, 0) is 22.6 Å². The molecule has 0 atom stereocenters. The number of hydrogen-bond donors (Lipinski definition) is 1. The van der Waals surface area contributed by atoms with Gasteiger partial charge in [0.25, 0.3) is 0 Å². The quantitative estimate of drug-likeness (QED) is 0.802. The Hall–Kier alpha value is -0.800. The molecule has 0 aliphatic heterocycles. The number of carbonyl (C=O) groups is 1. The van der Waals surface area contributed by atoms with Crippen molar-refractivity contribution in [3.63, 3.8) is 0 Å². The summed E-state index contributed by atoms with van der Waals surface area (Å²) < 4.78 is 37.1. The first-order valence-electron chi connectivity index (χ1n) is 3.28. The Bertz CT molecular complexity index is 385. The number of aromatic carboxylic acids is 1. The molecule has 0 bridgehead atoms. The first-order chi connectivity index (χ1) is 6.25. The molecular weight excluding hydrogens is 316 g/mol. The highest BCUT2D eigenvalue weighted by molar-refractivity contribution is 14.1. The third kappa shape index (κ3) is 1.83. The van der Waals surface area contributed by atoms with Gasteiger partial charge in [-0.3, -0.25) is 4.68 Å². The van der Waals surface area contributed by atoms with Gasteiger partial charge < -0.3 is 5.11 Å². The number of aromatic nitrogens is 2. The van der Waals surface area contributed by atoms with Crippen molar-refractivity contribution in [1.29, 1.82) is 0 Å². The van der Waals surface area contributed by atoms with Crippen LogP contribution in [0.3, 0.4) is 0 Å². The van der Waals surface area contributed by atoms with E-state index in [1.165, 1.54) is 22.6 Å². The summed E-state index contributed by atoms with van der Waals surface area (Å²) in [6, 6.07) is 0. The number of nitrogens with zero attached hydrogens (tertiary/aromatic N) is 2. The largest absolute Gasteiger partial charge is 0.476 e. The third-order valence-electron chi connectivity index (χ3n) is 1.46. The summed E-state index contributed by atoms with van der Waals surface area (Å²) in [5.74, 6) is -1.47. The van der Waals surface area contributed by atoms with Gasteiger partial charge in [0.1, 0.15) is 0 Å². The molecule has 0 fully saturated rings. The molecule has 0 spiro atoms. The summed E-state index contributed by atoms with van der Waals surface area (Å²) in [4.78, 5) is 10.5. The lowest BCUT2D eigenvalue weighted by molar-refractivity contribution is -0.144. The van der Waals surface area contributed by atoms with Crippen LogP contribution in [-0.2, 0) is 13.2 Å². The van der Waals surface area contributed by atoms with Crippen molar-refractivity contribution in [3.05, 3.63) is 15.0 Å². The van der Waals surface area contributed by atoms with E-state index < -0.39 is 27.1 Å². The molecule has 78 valence electrons. The lowest BCUT2D eigenvalue weighted by atomic mass is 10.3. The minimum absolute atomic E-state index is 0.398. The van der Waals surface area contributed by atoms with Gasteiger partial charge in [-0.1, -0.05) is 0 Å². The molecular formula is C6H4F3IN2O2. The van der Waals surface area contributed by atoms with Gasteiger partial charge in [-0.2, -0.15) is 18.3 Å². The molecule has 1 heterocycles. The van der Waals surface area contributed by atoms with Crippen LogP contribution in [0.1, 0.15) is 16.2 Å². The molecule has 0 saturated heterocycles. The van der Waals surface area contributed by atoms with E-state index in [0.29, 0.717) is 4.68 Å². The van der Waals surface area contributed by atoms with Gasteiger partial charge in [-0.15, -0.1) is 0 Å². The highest BCUT2D eigenvalue weighted by Gasteiger charge is 2.39. The Morgan fingerprint density at radius 3 is 2.29 bits per heavy atom. The number of hydrogen-bond acceptors (Lipinski definition) is 2. The molecule has 8 heteroatoms. The Balaban J connectivity index is 3.40. The maximum absolute atomic E-state index is 12.3. The molecule has 0 amide bonds. The van der Waals surface area contributed by atoms with Gasteiger partial charge in [0.2, 0.25) is 0 Å². The molecule has 0 unspecified atom stereocenters. The fourth-order valence-electron chi connectivity index (χ4n) is 0.943. The summed E-state index contributed by atoms with van der Waals surface area (Å²) in [6.45, 7) is 0. The van der Waals surface area contributed by atoms with Crippen molar-refractivity contribution < 1.29 is 23.1 Å². The van der Waals surface area contributed by atoms with Crippen LogP contribution in [0.2, 0.25) is 0 Å². The number of carboxylic acid groups (broad SMARTS) is 1. The molecule has 1 aromatic rings. The van der Waals surface area contributed by atoms with E-state index in [4.69, 9.17) is 5.11 Å². The van der Waals surface area contributed by atoms with Crippen molar-refractivity contribution in [3.8, 4) is 0 Å². The Morgan fingerprint density at radius 2 is 2.07 bits per heavy atom. The van der Waals surface area contributed by atoms with Crippen LogP contribution >= 0.6 is 22.6 Å². The maximum atomic E-state index is 12.3. The molecule has 1 aromatic heterocycles. The van der Waals surface area contributed by atoms with Gasteiger partial charge in [0.15, 0.2) is 11.4 Å². The maximum Gasteiger partial charge on any atom is 0.434 e. The molecule has 0 saturated carbocycles. The molecule has 4 nitrogen and oxygen atoms in total. The zero-order chi connectivity index (χ0) is 11.1. The molecule has 1 N–H and O–H groups in total. The van der Waals surface area contributed by atoms with E-state index in [2.05, 4.69) is 5.10 Å². The first-order valence-corrected chi connectivity index (χ1v) is 4.36. The SMILES string of the molecule is Cn1nc(C(=O)O)c(I)c1C(F)(F)F. The fourth-order valence-corrected chi connectivity index (χ4v) is 1.94. The smallest absolute Gasteiger partial charge is 0.434 e. The monoisotopic (exact) mass is 320 g/mol. The van der Waals surface area contributed by atoms with Crippen LogP contribution in [-0.4, -0.2) is 20.9 Å². The molecule has 1 rings (SSSR count). The average Bonchev–Trinajstić information content (AvgIpc) is 2.24. The van der Waals surface area contributed by atoms with Crippen LogP contribution in [0, 0.1) is 3.57 Å². The lowest BCUT2D eigenvalue weighted by Gasteiger charge is -2.06. The number of carboxylic acids is 1. The number of rotatable bonds is 1. The summed E-state index contributed by atoms with van der Waals surface area (Å²) in [6.07, 6.45) is -4.59. The van der Waals surface area contributed by atoms with Crippen molar-refractivity contribution >= 4 is 28.6 Å². The number of aryl methyl sites for hydroxylation is 1. The second-order valence-electron chi connectivity index (χ2n) is 2.44. The summed E-state index contributed by atoms with van der Waals surface area (Å²) in [5, 5.41) is 11.8. The van der Waals surface area contributed by atoms with E-state index in [1.807, 2.05) is 0 Å². The molecule has 0 aliphatic rings. The first kappa shape index (κ1) is 11.3. The second kappa shape index (κ2) is 3.41. The third-order valence-corrected chi connectivity index (χ3v) is 2.48. The van der Waals surface area contributed by atoms with E-state index in [-0.39, 0.29) is 0 Å². The zero-order valence-corrected chi connectivity index (χ0v) is 8.92. The second-order valence-corrected chi connectivity index (χ2v) is 3.52. The summed E-state index contributed by atoms with van der Waals surface area (Å²) in [7, 11) is 1.05. The molecule has 14 heavy (non-hydrogen) atoms. The van der Waals surface area contributed by atoms with E-state index in [9.17, 15) is 18.0 Å². The predicted molar refractivity (Wildman–Crippen MR) is 47.9 cm³/mol. The van der Waals surface area contributed by atoms with Crippen LogP contribution < -0.4 is 0 Å². The van der Waals surface area contributed by atoms with Crippen molar-refractivity contribution in [2.45, 2.75) is 6.18 Å². The van der Waals surface area contributed by atoms with E-state index >= 15 is 0 Å². The van der Waals surface area contributed by atoms with E-state index in [1.54, 1.807) is 0 Å². The minimum Gasteiger partial charge on any atom is -0.476 e. The van der Waals surface area contributed by atoms with Crippen molar-refractivity contribution in [2.24, 2.45) is 7.05 Å². The molecule has 0 aliphatic carbocycles. The van der Waals surface area contributed by atoms with Gasteiger partial charge in [0.05, 0.1) is 3.57 Å². The van der Waals surface area contributed by atoms with Crippen molar-refractivity contribution in [1.82, 2.24) is 9.78 Å². The highest BCUT2D eigenvalue weighted by Crippen LogP contribution is 2.33. The van der Waals surface area contributed by atoms with Crippen LogP contribution in [0.15, 0.2) is 0 Å². The van der Waals surface area contributed by atoms with Crippen LogP contribution in [0.5, 0.6) is 0 Å². The standard InChI is InChI=1S/C6H4F3IN2O2/c1-12-4(6(7,8)9)2(10)3(11-12)5(13)14/h1H3,(H,13,14). The van der Waals surface area contributed by atoms with Gasteiger partial charge in [0, 0.05) is 7.05 Å². The fraction of sp³-hybridized carbons (Fsp3) is 0.333.